The van der Waals surface area contributed by atoms with Gasteiger partial charge in [-0.3, -0.25) is 4.79 Å². The maximum absolute atomic E-state index is 13.0. The van der Waals surface area contributed by atoms with Gasteiger partial charge in [0, 0.05) is 16.9 Å². The van der Waals surface area contributed by atoms with Gasteiger partial charge >= 0.3 is 0 Å². The number of hydrogen-bond donors (Lipinski definition) is 0. The summed E-state index contributed by atoms with van der Waals surface area (Å²) in [5.41, 5.74) is 2.10. The van der Waals surface area contributed by atoms with Crippen LogP contribution >= 0.6 is 0 Å². The molecule has 0 N–H and O–H groups in total. The topological polar surface area (TPSA) is 17.1 Å². The Morgan fingerprint density at radius 1 is 1.10 bits per heavy atom. The molecule has 3 aliphatic carbocycles. The van der Waals surface area contributed by atoms with Crippen LogP contribution in [0.15, 0.2) is 48.6 Å². The van der Waals surface area contributed by atoms with Crippen LogP contribution in [0.2, 0.25) is 0 Å². The van der Waals surface area contributed by atoms with Crippen LogP contribution in [0.4, 0.5) is 0 Å². The average Bonchev–Trinajstić information content (AvgIpc) is 3.10. The standard InChI is InChI=1S/C19H16O/c1-19-14-7-6-13(8-14)17(19)15-9-11-4-2-3-5-12(11)10-16(15)18(19)20/h2-7,9-10,13-14,17H,8H2,1H3/t13-,14+,17+,19+/m1/s1. The normalized spacial score (nSPS) is 36.6. The first-order valence-electron chi connectivity index (χ1n) is 7.45. The summed E-state index contributed by atoms with van der Waals surface area (Å²) in [5.74, 6) is 1.79. The number of carbonyl (C=O) groups is 1. The fraction of sp³-hybridized carbons (Fsp3) is 0.316. The van der Waals surface area contributed by atoms with Crippen LogP contribution in [0.1, 0.15) is 35.2 Å². The summed E-state index contributed by atoms with van der Waals surface area (Å²) in [6, 6.07) is 12.8. The van der Waals surface area contributed by atoms with Crippen molar-refractivity contribution in [2.75, 3.05) is 0 Å². The summed E-state index contributed by atoms with van der Waals surface area (Å²) < 4.78 is 0. The van der Waals surface area contributed by atoms with Crippen LogP contribution in [0.3, 0.4) is 0 Å². The molecule has 0 aliphatic heterocycles. The molecule has 5 rings (SSSR count). The molecule has 1 heteroatoms. The SMILES string of the molecule is C[C@@]12C(=O)c3cc4ccccc4cc3[C@@H]1[C@@H]1C=C[C@H]2C1. The van der Waals surface area contributed by atoms with Gasteiger partial charge in [0.1, 0.15) is 0 Å². The molecule has 98 valence electrons. The Bertz CT molecular complexity index is 801. The van der Waals surface area contributed by atoms with Gasteiger partial charge in [-0.2, -0.15) is 0 Å². The monoisotopic (exact) mass is 260 g/mol. The van der Waals surface area contributed by atoms with Gasteiger partial charge in [-0.15, -0.1) is 0 Å². The first kappa shape index (κ1) is 10.8. The predicted octanol–water partition coefficient (Wildman–Crippen LogP) is 4.33. The van der Waals surface area contributed by atoms with E-state index in [-0.39, 0.29) is 5.41 Å². The number of fused-ring (bicyclic) bond motifs is 8. The van der Waals surface area contributed by atoms with Crippen molar-refractivity contribution in [1.82, 2.24) is 0 Å². The van der Waals surface area contributed by atoms with Gasteiger partial charge in [0.25, 0.3) is 0 Å². The van der Waals surface area contributed by atoms with E-state index in [0.29, 0.717) is 23.5 Å². The Balaban J connectivity index is 1.84. The Kier molecular flexibility index (Phi) is 1.75. The number of benzene rings is 2. The van der Waals surface area contributed by atoms with E-state index in [4.69, 9.17) is 0 Å². The van der Waals surface area contributed by atoms with Gasteiger partial charge in [-0.25, -0.2) is 0 Å². The second-order valence-electron chi connectivity index (χ2n) is 6.77. The van der Waals surface area contributed by atoms with Crippen molar-refractivity contribution in [1.29, 1.82) is 0 Å². The van der Waals surface area contributed by atoms with Gasteiger partial charge < -0.3 is 0 Å². The molecule has 0 spiro atoms. The third-order valence-corrected chi connectivity index (χ3v) is 5.95. The van der Waals surface area contributed by atoms with E-state index in [2.05, 4.69) is 49.4 Å². The molecular weight excluding hydrogens is 244 g/mol. The van der Waals surface area contributed by atoms with E-state index in [1.165, 1.54) is 22.8 Å². The smallest absolute Gasteiger partial charge is 0.170 e. The second kappa shape index (κ2) is 3.22. The largest absolute Gasteiger partial charge is 0.294 e. The van der Waals surface area contributed by atoms with Crippen LogP contribution in [0.5, 0.6) is 0 Å². The second-order valence-corrected chi connectivity index (χ2v) is 6.77. The molecule has 0 aromatic heterocycles. The molecule has 1 nitrogen and oxygen atoms in total. The zero-order valence-corrected chi connectivity index (χ0v) is 11.5. The molecule has 1 saturated carbocycles. The Labute approximate surface area is 118 Å². The van der Waals surface area contributed by atoms with Crippen molar-refractivity contribution < 1.29 is 4.79 Å². The van der Waals surface area contributed by atoms with Crippen molar-refractivity contribution in [2.45, 2.75) is 19.3 Å². The number of allylic oxidation sites excluding steroid dienone is 2. The third kappa shape index (κ3) is 1.02. The molecule has 0 unspecified atom stereocenters. The van der Waals surface area contributed by atoms with E-state index in [1.807, 2.05) is 6.07 Å². The molecule has 0 saturated heterocycles. The number of rotatable bonds is 0. The lowest BCUT2D eigenvalue weighted by Gasteiger charge is -2.31. The lowest BCUT2D eigenvalue weighted by atomic mass is 9.70. The molecule has 4 atom stereocenters. The summed E-state index contributed by atoms with van der Waals surface area (Å²) in [7, 11) is 0. The molecule has 0 amide bonds. The van der Waals surface area contributed by atoms with Crippen LogP contribution in [0, 0.1) is 17.3 Å². The first-order chi connectivity index (χ1) is 9.69. The summed E-state index contributed by atoms with van der Waals surface area (Å²) >= 11 is 0. The highest BCUT2D eigenvalue weighted by molar-refractivity contribution is 6.09. The average molecular weight is 260 g/mol. The van der Waals surface area contributed by atoms with Crippen molar-refractivity contribution in [2.24, 2.45) is 17.3 Å². The number of ketones is 1. The zero-order valence-electron chi connectivity index (χ0n) is 11.5. The summed E-state index contributed by atoms with van der Waals surface area (Å²) in [6.45, 7) is 2.19. The van der Waals surface area contributed by atoms with E-state index < -0.39 is 0 Å². The maximum Gasteiger partial charge on any atom is 0.170 e. The predicted molar refractivity (Wildman–Crippen MR) is 79.9 cm³/mol. The van der Waals surface area contributed by atoms with Crippen LogP contribution in [-0.4, -0.2) is 5.78 Å². The molecule has 20 heavy (non-hydrogen) atoms. The summed E-state index contributed by atoms with van der Waals surface area (Å²) in [4.78, 5) is 13.0. The minimum Gasteiger partial charge on any atom is -0.294 e. The number of Topliss-reactive ketones (excluding diaryl/α,β-unsaturated/α-hetero) is 1. The van der Waals surface area contributed by atoms with E-state index in [1.54, 1.807) is 0 Å². The van der Waals surface area contributed by atoms with Gasteiger partial charge in [-0.1, -0.05) is 49.4 Å². The summed E-state index contributed by atoms with van der Waals surface area (Å²) in [6.07, 6.45) is 5.79. The molecule has 1 fully saturated rings. The fourth-order valence-electron chi connectivity index (χ4n) is 4.96. The quantitative estimate of drug-likeness (QED) is 0.644. The Morgan fingerprint density at radius 2 is 1.85 bits per heavy atom. The van der Waals surface area contributed by atoms with Crippen LogP contribution in [-0.2, 0) is 0 Å². The molecule has 2 aromatic rings. The van der Waals surface area contributed by atoms with Crippen molar-refractivity contribution in [3.05, 3.63) is 59.7 Å². The van der Waals surface area contributed by atoms with Crippen molar-refractivity contribution in [3.8, 4) is 0 Å². The number of hydrogen-bond acceptors (Lipinski definition) is 1. The minimum atomic E-state index is -0.181. The third-order valence-electron chi connectivity index (χ3n) is 5.95. The van der Waals surface area contributed by atoms with E-state index in [0.717, 1.165) is 5.56 Å². The summed E-state index contributed by atoms with van der Waals surface area (Å²) in [5, 5.41) is 2.44. The molecule has 0 heterocycles. The van der Waals surface area contributed by atoms with Gasteiger partial charge in [-0.05, 0) is 40.7 Å². The highest BCUT2D eigenvalue weighted by Gasteiger charge is 2.62. The van der Waals surface area contributed by atoms with Gasteiger partial charge in [0.15, 0.2) is 5.78 Å². The highest BCUT2D eigenvalue weighted by atomic mass is 16.1. The van der Waals surface area contributed by atoms with Gasteiger partial charge in [0.2, 0.25) is 0 Å². The highest BCUT2D eigenvalue weighted by Crippen LogP contribution is 2.65. The molecular formula is C19H16O. The zero-order chi connectivity index (χ0) is 13.5. The van der Waals surface area contributed by atoms with Crippen LogP contribution in [0.25, 0.3) is 10.8 Å². The minimum absolute atomic E-state index is 0.181. The molecule has 2 aromatic carbocycles. The molecule has 3 aliphatic rings. The molecule has 2 bridgehead atoms. The lowest BCUT2D eigenvalue weighted by Crippen LogP contribution is -2.32. The Hall–Kier alpha value is -1.89. The molecule has 0 radical (unpaired) electrons. The lowest BCUT2D eigenvalue weighted by molar-refractivity contribution is 0.0781. The van der Waals surface area contributed by atoms with Gasteiger partial charge in [0.05, 0.1) is 0 Å². The fourth-order valence-corrected chi connectivity index (χ4v) is 4.96. The van der Waals surface area contributed by atoms with Crippen molar-refractivity contribution in [3.63, 3.8) is 0 Å². The van der Waals surface area contributed by atoms with Crippen LogP contribution < -0.4 is 0 Å². The number of carbonyl (C=O) groups excluding carboxylic acids is 1. The first-order valence-corrected chi connectivity index (χ1v) is 7.45. The Morgan fingerprint density at radius 3 is 2.65 bits per heavy atom. The van der Waals surface area contributed by atoms with E-state index in [9.17, 15) is 4.79 Å². The van der Waals surface area contributed by atoms with E-state index >= 15 is 0 Å². The van der Waals surface area contributed by atoms with Crippen molar-refractivity contribution >= 4 is 16.6 Å². The maximum atomic E-state index is 13.0.